The summed E-state index contributed by atoms with van der Waals surface area (Å²) >= 11 is 0. The Morgan fingerprint density at radius 3 is 1.59 bits per heavy atom. The summed E-state index contributed by atoms with van der Waals surface area (Å²) in [6.07, 6.45) is 25.1. The van der Waals surface area contributed by atoms with Crippen molar-refractivity contribution in [2.24, 2.45) is 0 Å². The molecule has 0 saturated carbocycles. The molecule has 0 radical (unpaired) electrons. The molecule has 13 heteroatoms. The first kappa shape index (κ1) is 51.3. The summed E-state index contributed by atoms with van der Waals surface area (Å²) in [7, 11) is -5.18. The summed E-state index contributed by atoms with van der Waals surface area (Å²) in [5, 5.41) is 2.83. The minimum absolute atomic E-state index is 0. The van der Waals surface area contributed by atoms with Crippen molar-refractivity contribution in [2.45, 2.75) is 168 Å². The van der Waals surface area contributed by atoms with Gasteiger partial charge < -0.3 is 38.4 Å². The molecule has 1 atom stereocenters. The third kappa shape index (κ3) is 43.0. The smallest absolute Gasteiger partial charge is 0.790 e. The molecule has 1 N–H and O–H groups in total. The molecule has 262 valence electrons. The first-order valence-corrected chi connectivity index (χ1v) is 19.0. The summed E-state index contributed by atoms with van der Waals surface area (Å²) in [5.41, 5.74) is 0. The maximum atomic E-state index is 12.2. The predicted molar refractivity (Wildman–Crippen MR) is 171 cm³/mol. The number of amides is 1. The van der Waals surface area contributed by atoms with Crippen molar-refractivity contribution in [1.29, 1.82) is 0 Å². The van der Waals surface area contributed by atoms with E-state index in [-0.39, 0.29) is 84.8 Å². The Kier molecular flexibility index (Phi) is 43.3. The average molecular weight is 696 g/mol. The van der Waals surface area contributed by atoms with Crippen molar-refractivity contribution in [3.05, 3.63) is 0 Å². The summed E-state index contributed by atoms with van der Waals surface area (Å²) in [6.45, 7) is 4.43. The standard InChI is InChI=1S/C33H66NO9P.2Na/c1-3-4-5-6-7-8-13-16-19-22-25-33(36)43-32(29-42-44(37,38)39)28-41-30-40-27-24-21-18-15-12-10-9-11-14-17-20-23-26-34-31(2)35;;/h32H,3-30H2,1-2H3,(H,34,35)(H2,37,38,39);;/q;2*+1/p-2/t32-;;/m1../s1. The van der Waals surface area contributed by atoms with Crippen LogP contribution in [0.5, 0.6) is 0 Å². The Bertz CT molecular complexity index is 717. The van der Waals surface area contributed by atoms with Gasteiger partial charge in [0.15, 0.2) is 0 Å². The van der Waals surface area contributed by atoms with E-state index in [2.05, 4.69) is 16.8 Å². The fraction of sp³-hybridized carbons (Fsp3) is 0.939. The molecule has 0 rings (SSSR count). The number of ether oxygens (including phenoxy) is 3. The van der Waals surface area contributed by atoms with Gasteiger partial charge in [-0.25, -0.2) is 0 Å². The molecule has 0 bridgehead atoms. The van der Waals surface area contributed by atoms with Gasteiger partial charge in [0, 0.05) is 26.5 Å². The molecular weight excluding hydrogens is 631 g/mol. The molecule has 0 aliphatic heterocycles. The number of carbonyl (C=O) groups excluding carboxylic acids is 2. The number of esters is 1. The summed E-state index contributed by atoms with van der Waals surface area (Å²) < 4.78 is 31.4. The molecular formula is C33H64NNa2O9P. The number of hydrogen-bond donors (Lipinski definition) is 1. The van der Waals surface area contributed by atoms with Crippen LogP contribution in [0, 0.1) is 0 Å². The molecule has 0 unspecified atom stereocenters. The molecule has 0 aromatic carbocycles. The van der Waals surface area contributed by atoms with Gasteiger partial charge in [-0.3, -0.25) is 9.59 Å². The third-order valence-electron chi connectivity index (χ3n) is 7.51. The Hall–Kier alpha value is 0.970. The Balaban J connectivity index is -0.00000924. The van der Waals surface area contributed by atoms with Gasteiger partial charge in [-0.15, -0.1) is 0 Å². The second kappa shape index (κ2) is 38.8. The molecule has 0 heterocycles. The van der Waals surface area contributed by atoms with Crippen LogP contribution in [-0.4, -0.2) is 51.1 Å². The summed E-state index contributed by atoms with van der Waals surface area (Å²) in [5.74, 6) is -0.405. The van der Waals surface area contributed by atoms with Crippen LogP contribution >= 0.6 is 7.82 Å². The zero-order valence-electron chi connectivity index (χ0n) is 30.0. The minimum atomic E-state index is -5.18. The van der Waals surface area contributed by atoms with E-state index in [9.17, 15) is 23.9 Å². The van der Waals surface area contributed by atoms with Crippen molar-refractivity contribution in [3.63, 3.8) is 0 Å². The van der Waals surface area contributed by atoms with Crippen molar-refractivity contribution in [2.75, 3.05) is 33.2 Å². The van der Waals surface area contributed by atoms with E-state index in [0.717, 1.165) is 38.6 Å². The molecule has 10 nitrogen and oxygen atoms in total. The molecule has 0 saturated heterocycles. The van der Waals surface area contributed by atoms with E-state index >= 15 is 0 Å². The monoisotopic (exact) mass is 695 g/mol. The third-order valence-corrected chi connectivity index (χ3v) is 7.98. The van der Waals surface area contributed by atoms with Crippen LogP contribution in [0.4, 0.5) is 0 Å². The SMILES string of the molecule is CCCCCCCCCCCCC(=O)O[C@H](COCOCCCCCCCCCCCCCCNC(C)=O)COP(=O)([O-])[O-].[Na+].[Na+]. The van der Waals surface area contributed by atoms with Gasteiger partial charge in [0.1, 0.15) is 12.9 Å². The molecule has 0 aliphatic rings. The number of phosphoric acid groups is 1. The quantitative estimate of drug-likeness (QED) is 0.0341. The number of phosphoric ester groups is 1. The second-order valence-electron chi connectivity index (χ2n) is 11.9. The predicted octanol–water partition coefficient (Wildman–Crippen LogP) is 0.871. The summed E-state index contributed by atoms with van der Waals surface area (Å²) in [6, 6.07) is 0. The maximum Gasteiger partial charge on any atom is 1.00 e. The van der Waals surface area contributed by atoms with E-state index in [1.807, 2.05) is 0 Å². The average Bonchev–Trinajstić information content (AvgIpc) is 2.97. The fourth-order valence-electron chi connectivity index (χ4n) is 4.95. The maximum absolute atomic E-state index is 12.2. The second-order valence-corrected chi connectivity index (χ2v) is 13.1. The van der Waals surface area contributed by atoms with E-state index in [4.69, 9.17) is 14.2 Å². The van der Waals surface area contributed by atoms with Crippen molar-refractivity contribution < 1.29 is 102 Å². The van der Waals surface area contributed by atoms with Crippen LogP contribution in [0.15, 0.2) is 0 Å². The van der Waals surface area contributed by atoms with Crippen LogP contribution < -0.4 is 74.2 Å². The molecule has 1 amide bonds. The first-order chi connectivity index (χ1) is 21.2. The summed E-state index contributed by atoms with van der Waals surface area (Å²) in [4.78, 5) is 44.8. The zero-order chi connectivity index (χ0) is 32.6. The van der Waals surface area contributed by atoms with Crippen LogP contribution in [-0.2, 0) is 32.9 Å². The fourth-order valence-corrected chi connectivity index (χ4v) is 5.30. The van der Waals surface area contributed by atoms with Crippen molar-refractivity contribution in [3.8, 4) is 0 Å². The number of unbranched alkanes of at least 4 members (excludes halogenated alkanes) is 20. The van der Waals surface area contributed by atoms with E-state index in [1.54, 1.807) is 6.92 Å². The van der Waals surface area contributed by atoms with E-state index < -0.39 is 26.5 Å². The van der Waals surface area contributed by atoms with Gasteiger partial charge in [0.25, 0.3) is 0 Å². The van der Waals surface area contributed by atoms with E-state index in [0.29, 0.717) is 13.0 Å². The van der Waals surface area contributed by atoms with Crippen LogP contribution in [0.25, 0.3) is 0 Å². The molecule has 0 aromatic heterocycles. The topological polar surface area (TPSA) is 146 Å². The molecule has 46 heavy (non-hydrogen) atoms. The van der Waals surface area contributed by atoms with Crippen LogP contribution in [0.3, 0.4) is 0 Å². The van der Waals surface area contributed by atoms with Gasteiger partial charge >= 0.3 is 65.1 Å². The molecule has 0 aromatic rings. The molecule has 0 aliphatic carbocycles. The first-order valence-electron chi connectivity index (χ1n) is 17.5. The normalized spacial score (nSPS) is 11.8. The zero-order valence-corrected chi connectivity index (χ0v) is 34.9. The molecule has 0 spiro atoms. The van der Waals surface area contributed by atoms with Gasteiger partial charge in [0.05, 0.1) is 21.0 Å². The number of rotatable bonds is 34. The van der Waals surface area contributed by atoms with Gasteiger partial charge in [-0.2, -0.15) is 0 Å². The Morgan fingerprint density at radius 1 is 0.652 bits per heavy atom. The van der Waals surface area contributed by atoms with Gasteiger partial charge in [-0.05, 0) is 19.3 Å². The minimum Gasteiger partial charge on any atom is -0.790 e. The van der Waals surface area contributed by atoms with Crippen molar-refractivity contribution in [1.82, 2.24) is 5.32 Å². The number of carbonyl (C=O) groups is 2. The van der Waals surface area contributed by atoms with Crippen LogP contribution in [0.1, 0.15) is 162 Å². The molecule has 0 fully saturated rings. The Labute approximate surface area is 325 Å². The number of hydrogen-bond acceptors (Lipinski definition) is 9. The van der Waals surface area contributed by atoms with Gasteiger partial charge in [0.2, 0.25) is 5.91 Å². The Morgan fingerprint density at radius 2 is 1.11 bits per heavy atom. The largest absolute Gasteiger partial charge is 1.00 e. The van der Waals surface area contributed by atoms with Crippen LogP contribution in [0.2, 0.25) is 0 Å². The van der Waals surface area contributed by atoms with Crippen molar-refractivity contribution >= 4 is 19.7 Å². The van der Waals surface area contributed by atoms with Gasteiger partial charge in [-0.1, -0.05) is 129 Å². The van der Waals surface area contributed by atoms with E-state index in [1.165, 1.54) is 103 Å². The number of nitrogens with one attached hydrogen (secondary N) is 1.